The van der Waals surface area contributed by atoms with Gasteiger partial charge in [-0.3, -0.25) is 33.8 Å². The molecule has 1 aliphatic heterocycles. The molecule has 14 nitrogen and oxygen atoms in total. The van der Waals surface area contributed by atoms with Gasteiger partial charge in [-0.05, 0) is 36.3 Å². The number of ketones is 1. The minimum Gasteiger partial charge on any atom is -0.372 e. The molecule has 6 atom stereocenters. The summed E-state index contributed by atoms with van der Waals surface area (Å²) in [7, 11) is 0. The van der Waals surface area contributed by atoms with Crippen LogP contribution in [0.5, 0.6) is 0 Å². The zero-order valence-corrected chi connectivity index (χ0v) is 31.7. The lowest BCUT2D eigenvalue weighted by molar-refractivity contribution is -0.144. The first-order valence-electron chi connectivity index (χ1n) is 18.3. The van der Waals surface area contributed by atoms with E-state index in [2.05, 4.69) is 31.2 Å². The monoisotopic (exact) mass is 741 g/mol. The highest BCUT2D eigenvalue weighted by atomic mass is 16.5. The van der Waals surface area contributed by atoms with Crippen LogP contribution < -0.4 is 21.3 Å². The van der Waals surface area contributed by atoms with E-state index in [-0.39, 0.29) is 37.6 Å². The van der Waals surface area contributed by atoms with Gasteiger partial charge in [-0.2, -0.15) is 0 Å². The van der Waals surface area contributed by atoms with Gasteiger partial charge in [0.1, 0.15) is 23.8 Å². The topological polar surface area (TPSA) is 189 Å². The van der Waals surface area contributed by atoms with E-state index >= 15 is 0 Å². The van der Waals surface area contributed by atoms with E-state index in [1.54, 1.807) is 41.5 Å². The summed E-state index contributed by atoms with van der Waals surface area (Å²) in [5.74, 6) is -4.75. The minimum atomic E-state index is -1.15. The fourth-order valence-electron chi connectivity index (χ4n) is 6.17. The Labute approximate surface area is 316 Å². The number of nitrogens with one attached hydrogen (secondary N) is 4. The zero-order chi connectivity index (χ0) is 39.4. The van der Waals surface area contributed by atoms with Gasteiger partial charge in [0.25, 0.3) is 11.8 Å². The lowest BCUT2D eigenvalue weighted by Crippen LogP contribution is -2.59. The number of rotatable bonds is 17. The molecular weight excluding hydrogens is 690 g/mol. The number of ether oxygens (including phenoxy) is 1. The van der Waals surface area contributed by atoms with Crippen molar-refractivity contribution in [3.05, 3.63) is 96.1 Å². The molecule has 1 aliphatic rings. The van der Waals surface area contributed by atoms with E-state index in [1.807, 2.05) is 60.7 Å². The molecule has 2 heterocycles. The molecule has 14 heteroatoms. The predicted molar refractivity (Wildman–Crippen MR) is 200 cm³/mol. The van der Waals surface area contributed by atoms with Crippen LogP contribution in [0.2, 0.25) is 0 Å². The number of benzene rings is 2. The Morgan fingerprint density at radius 1 is 0.815 bits per heavy atom. The molecule has 0 radical (unpaired) electrons. The van der Waals surface area contributed by atoms with Gasteiger partial charge >= 0.3 is 0 Å². The van der Waals surface area contributed by atoms with E-state index in [4.69, 9.17) is 4.74 Å². The molecule has 2 aromatic carbocycles. The number of Topliss-reactive ketones (excluding diaryl/α,β-unsaturated/α-hetero) is 1. The summed E-state index contributed by atoms with van der Waals surface area (Å²) < 4.78 is 6.18. The first kappa shape index (κ1) is 41.3. The predicted octanol–water partition coefficient (Wildman–Crippen LogP) is 2.90. The largest absolute Gasteiger partial charge is 0.372 e. The minimum absolute atomic E-state index is 0.0342. The summed E-state index contributed by atoms with van der Waals surface area (Å²) in [5.41, 5.74) is 1.76. The van der Waals surface area contributed by atoms with Crippen molar-refractivity contribution >= 4 is 35.3 Å². The van der Waals surface area contributed by atoms with E-state index in [0.29, 0.717) is 0 Å². The molecule has 1 fully saturated rings. The number of amides is 5. The molecule has 1 unspecified atom stereocenters. The smallest absolute Gasteiger partial charge is 0.290 e. The number of likely N-dealkylation sites (tertiary alicyclic amines) is 1. The molecule has 5 amide bonds. The Bertz CT molecular complexity index is 1740. The fourth-order valence-corrected chi connectivity index (χ4v) is 6.17. The SMILES string of the molecule is CCC(NC(=O)[C@@H]1C[C@@H](OCc2ccccc2)CN1C(=O)[C@H](NC(=O)[C@H](NC(=O)c1cnccn1)C(C)C)C(C)C)C(=O)C(=O)N[C@H](C)c1ccccc1. The molecule has 4 N–H and O–H groups in total. The zero-order valence-electron chi connectivity index (χ0n) is 31.7. The number of carbonyl (C=O) groups is 6. The molecule has 3 aromatic rings. The first-order chi connectivity index (χ1) is 25.8. The molecule has 4 rings (SSSR count). The quantitative estimate of drug-likeness (QED) is 0.151. The van der Waals surface area contributed by atoms with Crippen LogP contribution in [0.3, 0.4) is 0 Å². The Hall–Kier alpha value is -5.50. The van der Waals surface area contributed by atoms with Crippen molar-refractivity contribution in [3.8, 4) is 0 Å². The second kappa shape index (κ2) is 19.5. The Kier molecular flexibility index (Phi) is 14.9. The maximum Gasteiger partial charge on any atom is 0.290 e. The summed E-state index contributed by atoms with van der Waals surface area (Å²) in [6.07, 6.45) is 3.78. The molecule has 288 valence electrons. The summed E-state index contributed by atoms with van der Waals surface area (Å²) >= 11 is 0. The molecule has 54 heavy (non-hydrogen) atoms. The Balaban J connectivity index is 1.52. The van der Waals surface area contributed by atoms with E-state index in [9.17, 15) is 28.8 Å². The van der Waals surface area contributed by atoms with Crippen LogP contribution in [-0.2, 0) is 35.3 Å². The lowest BCUT2D eigenvalue weighted by Gasteiger charge is -2.32. The molecule has 1 aromatic heterocycles. The lowest BCUT2D eigenvalue weighted by atomic mass is 9.98. The third-order valence-corrected chi connectivity index (χ3v) is 9.35. The van der Waals surface area contributed by atoms with Gasteiger partial charge in [0.05, 0.1) is 31.0 Å². The van der Waals surface area contributed by atoms with Crippen LogP contribution in [-0.4, -0.2) is 87.0 Å². The van der Waals surface area contributed by atoms with Gasteiger partial charge in [-0.1, -0.05) is 95.3 Å². The highest BCUT2D eigenvalue weighted by Gasteiger charge is 2.44. The van der Waals surface area contributed by atoms with Crippen LogP contribution in [0, 0.1) is 11.8 Å². The summed E-state index contributed by atoms with van der Waals surface area (Å²) in [4.78, 5) is 90.6. The third-order valence-electron chi connectivity index (χ3n) is 9.35. The molecule has 0 spiro atoms. The van der Waals surface area contributed by atoms with Crippen molar-refractivity contribution < 1.29 is 33.5 Å². The van der Waals surface area contributed by atoms with Crippen molar-refractivity contribution in [3.63, 3.8) is 0 Å². The summed E-state index contributed by atoms with van der Waals surface area (Å²) in [6.45, 7) is 10.8. The van der Waals surface area contributed by atoms with Gasteiger partial charge in [-0.25, -0.2) is 4.98 Å². The average molecular weight is 742 g/mol. The van der Waals surface area contributed by atoms with E-state index < -0.39 is 77.6 Å². The number of nitrogens with zero attached hydrogens (tertiary/aromatic N) is 3. The van der Waals surface area contributed by atoms with Gasteiger partial charge in [0.2, 0.25) is 23.5 Å². The Morgan fingerprint density at radius 2 is 1.46 bits per heavy atom. The van der Waals surface area contributed by atoms with Crippen LogP contribution in [0.15, 0.2) is 79.3 Å². The molecular formula is C40H51N7O7. The molecule has 0 bridgehead atoms. The third kappa shape index (κ3) is 11.0. The highest BCUT2D eigenvalue weighted by molar-refractivity contribution is 6.38. The van der Waals surface area contributed by atoms with Gasteiger partial charge < -0.3 is 30.9 Å². The normalized spacial score (nSPS) is 17.6. The molecule has 1 saturated heterocycles. The van der Waals surface area contributed by atoms with E-state index in [0.717, 1.165) is 11.1 Å². The van der Waals surface area contributed by atoms with Crippen molar-refractivity contribution in [2.24, 2.45) is 11.8 Å². The maximum absolute atomic E-state index is 14.4. The maximum atomic E-state index is 14.4. The van der Waals surface area contributed by atoms with Crippen LogP contribution in [0.1, 0.15) is 82.0 Å². The second-order valence-corrected chi connectivity index (χ2v) is 14.1. The number of carbonyl (C=O) groups excluding carboxylic acids is 6. The summed E-state index contributed by atoms with van der Waals surface area (Å²) in [5, 5.41) is 10.9. The number of hydrogen-bond acceptors (Lipinski definition) is 9. The van der Waals surface area contributed by atoms with Crippen LogP contribution in [0.25, 0.3) is 0 Å². The second-order valence-electron chi connectivity index (χ2n) is 14.1. The highest BCUT2D eigenvalue weighted by Crippen LogP contribution is 2.25. The standard InChI is InChI=1S/C40H51N7O7/c1-7-30(35(48)39(52)43-26(6)28-16-12-9-13-17-28)44-37(50)32-20-29(54-23-27-14-10-8-11-15-27)22-47(32)40(53)34(25(4)5)46-38(51)33(24(2)3)45-36(49)31-21-41-18-19-42-31/h8-19,21,24-26,29-30,32-34H,7,20,22-23H2,1-6H3,(H,43,52)(H,44,50)(H,45,49)(H,46,51)/t26-,29-,30?,32+,33-,34-/m1/s1. The summed E-state index contributed by atoms with van der Waals surface area (Å²) in [6, 6.07) is 13.9. The van der Waals surface area contributed by atoms with Crippen molar-refractivity contribution in [1.29, 1.82) is 0 Å². The van der Waals surface area contributed by atoms with Crippen LogP contribution >= 0.6 is 0 Å². The number of aromatic nitrogens is 2. The van der Waals surface area contributed by atoms with Gasteiger partial charge in [0.15, 0.2) is 0 Å². The fraction of sp³-hybridized carbons (Fsp3) is 0.450. The first-order valence-corrected chi connectivity index (χ1v) is 18.3. The van der Waals surface area contributed by atoms with Gasteiger partial charge in [-0.15, -0.1) is 0 Å². The Morgan fingerprint density at radius 3 is 2.06 bits per heavy atom. The average Bonchev–Trinajstić information content (AvgIpc) is 3.62. The van der Waals surface area contributed by atoms with Crippen LogP contribution in [0.4, 0.5) is 0 Å². The molecule has 0 aliphatic carbocycles. The number of hydrogen-bond donors (Lipinski definition) is 4. The van der Waals surface area contributed by atoms with Gasteiger partial charge in [0, 0.05) is 25.4 Å². The van der Waals surface area contributed by atoms with Crippen molar-refractivity contribution in [2.45, 2.75) is 97.3 Å². The van der Waals surface area contributed by atoms with Crippen molar-refractivity contribution in [1.82, 2.24) is 36.1 Å². The van der Waals surface area contributed by atoms with E-state index in [1.165, 1.54) is 23.5 Å². The molecule has 0 saturated carbocycles. The van der Waals surface area contributed by atoms with Crippen molar-refractivity contribution in [2.75, 3.05) is 6.54 Å².